The Labute approximate surface area is 144 Å². The molecule has 2 rings (SSSR count). The second kappa shape index (κ2) is 8.35. The highest BCUT2D eigenvalue weighted by Crippen LogP contribution is 2.33. The Morgan fingerprint density at radius 2 is 1.92 bits per heavy atom. The number of piperidine rings is 1. The fourth-order valence-electron chi connectivity index (χ4n) is 3.32. The van der Waals surface area contributed by atoms with Crippen molar-refractivity contribution in [1.82, 2.24) is 10.2 Å². The lowest BCUT2D eigenvalue weighted by atomic mass is 9.78. The number of hydrogen-bond donors (Lipinski definition) is 1. The number of benzene rings is 1. The third-order valence-corrected chi connectivity index (χ3v) is 4.68. The molecule has 1 heterocycles. The van der Waals surface area contributed by atoms with Crippen LogP contribution in [-0.4, -0.2) is 58.9 Å². The van der Waals surface area contributed by atoms with Crippen LogP contribution in [0.1, 0.15) is 18.4 Å². The summed E-state index contributed by atoms with van der Waals surface area (Å²) >= 11 is 0. The van der Waals surface area contributed by atoms with Gasteiger partial charge in [-0.25, -0.2) is 0 Å². The van der Waals surface area contributed by atoms with Crippen molar-refractivity contribution in [3.63, 3.8) is 0 Å². The van der Waals surface area contributed by atoms with E-state index < -0.39 is 5.41 Å². The first-order chi connectivity index (χ1) is 11.6. The lowest BCUT2D eigenvalue weighted by Crippen LogP contribution is -2.50. The third kappa shape index (κ3) is 3.99. The normalized spacial score (nSPS) is 16.5. The first-order valence-corrected chi connectivity index (χ1v) is 8.22. The number of amides is 1. The first kappa shape index (κ1) is 18.5. The maximum Gasteiger partial charge on any atom is 0.231 e. The number of methoxy groups -OCH3 is 3. The predicted molar refractivity (Wildman–Crippen MR) is 92.4 cm³/mol. The minimum Gasteiger partial charge on any atom is -0.497 e. The Morgan fingerprint density at radius 1 is 1.21 bits per heavy atom. The zero-order valence-electron chi connectivity index (χ0n) is 15.1. The van der Waals surface area contributed by atoms with E-state index in [0.717, 1.165) is 43.0 Å². The summed E-state index contributed by atoms with van der Waals surface area (Å²) in [5, 5.41) is 3.31. The molecule has 0 bridgehead atoms. The predicted octanol–water partition coefficient (Wildman–Crippen LogP) is 1.68. The molecule has 0 atom stereocenters. The Kier molecular flexibility index (Phi) is 6.45. The quantitative estimate of drug-likeness (QED) is 0.821. The molecule has 1 N–H and O–H groups in total. The molecule has 134 valence electrons. The van der Waals surface area contributed by atoms with Crippen LogP contribution in [0.2, 0.25) is 0 Å². The summed E-state index contributed by atoms with van der Waals surface area (Å²) in [6, 6.07) is 5.65. The first-order valence-electron chi connectivity index (χ1n) is 8.22. The Hall–Kier alpha value is -1.79. The maximum absolute atomic E-state index is 13.1. The summed E-state index contributed by atoms with van der Waals surface area (Å²) in [6.45, 7) is 2.63. The van der Waals surface area contributed by atoms with Gasteiger partial charge in [0.15, 0.2) is 0 Å². The fourth-order valence-corrected chi connectivity index (χ4v) is 3.32. The van der Waals surface area contributed by atoms with Crippen LogP contribution >= 0.6 is 0 Å². The molecule has 0 spiro atoms. The van der Waals surface area contributed by atoms with E-state index in [1.807, 2.05) is 25.2 Å². The van der Waals surface area contributed by atoms with E-state index in [2.05, 4.69) is 5.32 Å². The molecule has 1 aliphatic heterocycles. The van der Waals surface area contributed by atoms with Gasteiger partial charge in [-0.1, -0.05) is 0 Å². The number of carbonyl (C=O) groups excluding carboxylic acids is 1. The van der Waals surface area contributed by atoms with Gasteiger partial charge in [-0.15, -0.1) is 0 Å². The number of nitrogens with zero attached hydrogens (tertiary/aromatic N) is 1. The molecule has 1 amide bonds. The molecule has 0 unspecified atom stereocenters. The van der Waals surface area contributed by atoms with Crippen molar-refractivity contribution < 1.29 is 19.0 Å². The molecule has 1 aromatic carbocycles. The number of hydrogen-bond acceptors (Lipinski definition) is 5. The van der Waals surface area contributed by atoms with Gasteiger partial charge in [0.2, 0.25) is 5.91 Å². The minimum absolute atomic E-state index is 0.128. The lowest BCUT2D eigenvalue weighted by molar-refractivity contribution is -0.146. The van der Waals surface area contributed by atoms with E-state index in [1.54, 1.807) is 26.2 Å². The number of rotatable bonds is 7. The van der Waals surface area contributed by atoms with Crippen molar-refractivity contribution in [2.45, 2.75) is 19.4 Å². The molecule has 0 saturated carbocycles. The molecule has 0 aliphatic carbocycles. The van der Waals surface area contributed by atoms with Gasteiger partial charge in [0.1, 0.15) is 11.5 Å². The fraction of sp³-hybridized carbons (Fsp3) is 0.611. The average molecular weight is 336 g/mol. The summed E-state index contributed by atoms with van der Waals surface area (Å²) in [5.41, 5.74) is 0.518. The largest absolute Gasteiger partial charge is 0.497 e. The van der Waals surface area contributed by atoms with Crippen LogP contribution in [0.25, 0.3) is 0 Å². The monoisotopic (exact) mass is 336 g/mol. The Morgan fingerprint density at radius 3 is 2.50 bits per heavy atom. The van der Waals surface area contributed by atoms with Crippen molar-refractivity contribution in [3.8, 4) is 11.5 Å². The van der Waals surface area contributed by atoms with Crippen molar-refractivity contribution in [3.05, 3.63) is 23.8 Å². The molecule has 0 aromatic heterocycles. The molecule has 6 heteroatoms. The highest BCUT2D eigenvalue weighted by molar-refractivity contribution is 5.83. The molecular weight excluding hydrogens is 308 g/mol. The van der Waals surface area contributed by atoms with E-state index in [0.29, 0.717) is 13.2 Å². The van der Waals surface area contributed by atoms with Crippen LogP contribution in [0.3, 0.4) is 0 Å². The highest BCUT2D eigenvalue weighted by Gasteiger charge is 2.41. The van der Waals surface area contributed by atoms with Gasteiger partial charge < -0.3 is 24.4 Å². The molecule has 6 nitrogen and oxygen atoms in total. The van der Waals surface area contributed by atoms with Crippen molar-refractivity contribution in [2.24, 2.45) is 5.41 Å². The van der Waals surface area contributed by atoms with Crippen LogP contribution in [0.15, 0.2) is 18.2 Å². The van der Waals surface area contributed by atoms with Crippen LogP contribution in [0.4, 0.5) is 0 Å². The number of ether oxygens (including phenoxy) is 3. The van der Waals surface area contributed by atoms with Gasteiger partial charge in [0.05, 0.1) is 26.2 Å². The van der Waals surface area contributed by atoms with Gasteiger partial charge >= 0.3 is 0 Å². The molecule has 1 aromatic rings. The summed E-state index contributed by atoms with van der Waals surface area (Å²) in [6.07, 6.45) is 1.59. The Balaban J connectivity index is 2.15. The summed E-state index contributed by atoms with van der Waals surface area (Å²) in [5.74, 6) is 1.59. The standard InChI is InChI=1S/C18H28N2O4/c1-20(12-14-5-6-15(23-3)11-16(14)24-4)17(21)18(13-22-2)7-9-19-10-8-18/h5-6,11,19H,7-10,12-13H2,1-4H3. The smallest absolute Gasteiger partial charge is 0.231 e. The Bertz CT molecular complexity index is 550. The summed E-state index contributed by atoms with van der Waals surface area (Å²) < 4.78 is 16.0. The zero-order valence-corrected chi connectivity index (χ0v) is 15.1. The molecule has 24 heavy (non-hydrogen) atoms. The lowest BCUT2D eigenvalue weighted by Gasteiger charge is -2.38. The van der Waals surface area contributed by atoms with Crippen LogP contribution in [-0.2, 0) is 16.1 Å². The second-order valence-corrected chi connectivity index (χ2v) is 6.30. The van der Waals surface area contributed by atoms with Gasteiger partial charge in [-0.2, -0.15) is 0 Å². The second-order valence-electron chi connectivity index (χ2n) is 6.30. The van der Waals surface area contributed by atoms with Gasteiger partial charge in [-0.05, 0) is 38.1 Å². The summed E-state index contributed by atoms with van der Waals surface area (Å²) in [4.78, 5) is 14.9. The summed E-state index contributed by atoms with van der Waals surface area (Å²) in [7, 11) is 6.74. The van der Waals surface area contributed by atoms with E-state index in [1.165, 1.54) is 0 Å². The van der Waals surface area contributed by atoms with E-state index >= 15 is 0 Å². The van der Waals surface area contributed by atoms with Crippen molar-refractivity contribution in [1.29, 1.82) is 0 Å². The van der Waals surface area contributed by atoms with Gasteiger partial charge in [-0.3, -0.25) is 4.79 Å². The average Bonchev–Trinajstić information content (AvgIpc) is 2.62. The highest BCUT2D eigenvalue weighted by atomic mass is 16.5. The van der Waals surface area contributed by atoms with E-state index in [4.69, 9.17) is 14.2 Å². The number of nitrogens with one attached hydrogen (secondary N) is 1. The molecule has 1 aliphatic rings. The van der Waals surface area contributed by atoms with Gasteiger partial charge in [0, 0.05) is 32.3 Å². The molecule has 1 saturated heterocycles. The van der Waals surface area contributed by atoms with Crippen LogP contribution in [0.5, 0.6) is 11.5 Å². The zero-order chi connectivity index (χ0) is 17.6. The number of carbonyl (C=O) groups is 1. The van der Waals surface area contributed by atoms with Crippen LogP contribution in [0, 0.1) is 5.41 Å². The molecule has 0 radical (unpaired) electrons. The molecule has 1 fully saturated rings. The van der Waals surface area contributed by atoms with Crippen LogP contribution < -0.4 is 14.8 Å². The van der Waals surface area contributed by atoms with E-state index in [9.17, 15) is 4.79 Å². The van der Waals surface area contributed by atoms with E-state index in [-0.39, 0.29) is 5.91 Å². The molecular formula is C18H28N2O4. The van der Waals surface area contributed by atoms with Gasteiger partial charge in [0.25, 0.3) is 0 Å². The third-order valence-electron chi connectivity index (χ3n) is 4.68. The SMILES string of the molecule is COCC1(C(=O)N(C)Cc2ccc(OC)cc2OC)CCNCC1. The minimum atomic E-state index is -0.436. The van der Waals surface area contributed by atoms with Crippen molar-refractivity contribution in [2.75, 3.05) is 48.1 Å². The topological polar surface area (TPSA) is 60.0 Å². The maximum atomic E-state index is 13.1. The van der Waals surface area contributed by atoms with Crippen molar-refractivity contribution >= 4 is 5.91 Å².